The maximum Gasteiger partial charge on any atom is 0.251 e. The van der Waals surface area contributed by atoms with Crippen molar-refractivity contribution in [2.75, 3.05) is 33.4 Å². The monoisotopic (exact) mass is 477 g/mol. The molecule has 1 amide bonds. The number of hydrogen-bond acceptors (Lipinski definition) is 4. The fourth-order valence-corrected chi connectivity index (χ4v) is 7.64. The molecule has 0 spiro atoms. The van der Waals surface area contributed by atoms with E-state index in [2.05, 4.69) is 25.7 Å². The van der Waals surface area contributed by atoms with Crippen LogP contribution in [0.4, 0.5) is 0 Å². The minimum absolute atomic E-state index is 0.0662. The summed E-state index contributed by atoms with van der Waals surface area (Å²) < 4.78 is 17.7. The van der Waals surface area contributed by atoms with Gasteiger partial charge in [0.1, 0.15) is 6.10 Å². The van der Waals surface area contributed by atoms with Gasteiger partial charge in [-0.1, -0.05) is 19.8 Å². The third-order valence-corrected chi connectivity index (χ3v) is 9.75. The Balaban J connectivity index is 1.47. The zero-order valence-electron chi connectivity index (χ0n) is 22.5. The van der Waals surface area contributed by atoms with Gasteiger partial charge < -0.3 is 19.1 Å². The highest BCUT2D eigenvalue weighted by Gasteiger charge is 2.47. The number of hydrogen-bond donors (Lipinski definition) is 0. The van der Waals surface area contributed by atoms with Gasteiger partial charge in [0.25, 0.3) is 5.91 Å². The first-order valence-electron chi connectivity index (χ1n) is 14.4. The van der Waals surface area contributed by atoms with E-state index in [9.17, 15) is 4.79 Å². The summed E-state index contributed by atoms with van der Waals surface area (Å²) in [5.74, 6) is 2.48. The standard InChI is InChI=1S/C29H51NO4/c1-22-7-11-24(12-8-22)29(16-19-34-28(2,3)21-29)15-17-30(27(31)26-6-5-18-33-26)20-23-9-13-25(32-4)14-10-23/h22-26H,5-21H2,1-4H3. The first kappa shape index (κ1) is 26.4. The van der Waals surface area contributed by atoms with E-state index in [0.29, 0.717) is 17.4 Å². The van der Waals surface area contributed by atoms with E-state index in [1.54, 1.807) is 0 Å². The summed E-state index contributed by atoms with van der Waals surface area (Å²) in [5.41, 5.74) is 0.230. The number of nitrogens with zero attached hydrogens (tertiary/aromatic N) is 1. The maximum absolute atomic E-state index is 13.6. The Labute approximate surface area is 208 Å². The van der Waals surface area contributed by atoms with Gasteiger partial charge in [-0.15, -0.1) is 0 Å². The van der Waals surface area contributed by atoms with Gasteiger partial charge in [0.15, 0.2) is 0 Å². The topological polar surface area (TPSA) is 48.0 Å². The molecule has 2 atom stereocenters. The second kappa shape index (κ2) is 11.6. The molecule has 2 aliphatic heterocycles. The molecule has 5 heteroatoms. The zero-order chi connectivity index (χ0) is 24.2. The number of methoxy groups -OCH3 is 1. The van der Waals surface area contributed by atoms with Gasteiger partial charge in [-0.3, -0.25) is 4.79 Å². The summed E-state index contributed by atoms with van der Waals surface area (Å²) in [7, 11) is 1.83. The molecular weight excluding hydrogens is 426 g/mol. The SMILES string of the molecule is COC1CCC(CN(CCC2(C3CCC(C)CC3)CCOC(C)(C)C2)C(=O)C2CCCO2)CC1. The summed E-state index contributed by atoms with van der Waals surface area (Å²) in [4.78, 5) is 15.8. The van der Waals surface area contributed by atoms with Crippen LogP contribution in [0.5, 0.6) is 0 Å². The predicted octanol–water partition coefficient (Wildman–Crippen LogP) is 5.99. The molecule has 2 saturated heterocycles. The van der Waals surface area contributed by atoms with Crippen LogP contribution in [0.3, 0.4) is 0 Å². The molecule has 4 aliphatic rings. The van der Waals surface area contributed by atoms with E-state index >= 15 is 0 Å². The molecule has 2 saturated carbocycles. The number of rotatable bonds is 8. The van der Waals surface area contributed by atoms with Gasteiger partial charge in [0, 0.05) is 33.4 Å². The Bertz CT molecular complexity index is 645. The van der Waals surface area contributed by atoms with Crippen LogP contribution < -0.4 is 0 Å². The molecule has 2 heterocycles. The highest BCUT2D eigenvalue weighted by molar-refractivity contribution is 5.81. The third kappa shape index (κ3) is 6.56. The van der Waals surface area contributed by atoms with E-state index in [1.807, 2.05) is 7.11 Å². The molecule has 5 nitrogen and oxygen atoms in total. The summed E-state index contributed by atoms with van der Waals surface area (Å²) in [6.07, 6.45) is 15.5. The van der Waals surface area contributed by atoms with Crippen molar-refractivity contribution in [3.05, 3.63) is 0 Å². The highest BCUT2D eigenvalue weighted by atomic mass is 16.5. The van der Waals surface area contributed by atoms with Crippen molar-refractivity contribution in [2.45, 2.75) is 122 Å². The smallest absolute Gasteiger partial charge is 0.251 e. The fraction of sp³-hybridized carbons (Fsp3) is 0.966. The quantitative estimate of drug-likeness (QED) is 0.431. The van der Waals surface area contributed by atoms with Gasteiger partial charge in [0.2, 0.25) is 0 Å². The molecule has 4 rings (SSSR count). The molecule has 0 aromatic heterocycles. The average Bonchev–Trinajstić information content (AvgIpc) is 3.36. The van der Waals surface area contributed by atoms with Gasteiger partial charge in [-0.25, -0.2) is 0 Å². The summed E-state index contributed by atoms with van der Waals surface area (Å²) in [6, 6.07) is 0. The first-order chi connectivity index (χ1) is 16.3. The van der Waals surface area contributed by atoms with Crippen LogP contribution in [0.2, 0.25) is 0 Å². The number of amides is 1. The van der Waals surface area contributed by atoms with Crippen LogP contribution in [-0.4, -0.2) is 62.0 Å². The zero-order valence-corrected chi connectivity index (χ0v) is 22.5. The van der Waals surface area contributed by atoms with Gasteiger partial charge in [-0.2, -0.15) is 0 Å². The van der Waals surface area contributed by atoms with E-state index in [-0.39, 0.29) is 17.6 Å². The van der Waals surface area contributed by atoms with Crippen LogP contribution in [0.25, 0.3) is 0 Å². The second-order valence-corrected chi connectivity index (χ2v) is 12.8. The van der Waals surface area contributed by atoms with E-state index in [0.717, 1.165) is 83.1 Å². The molecule has 0 radical (unpaired) electrons. The molecule has 0 aromatic carbocycles. The number of ether oxygens (including phenoxy) is 3. The molecule has 0 bridgehead atoms. The van der Waals surface area contributed by atoms with Crippen molar-refractivity contribution in [3.8, 4) is 0 Å². The first-order valence-corrected chi connectivity index (χ1v) is 14.4. The van der Waals surface area contributed by atoms with Crippen LogP contribution in [0.15, 0.2) is 0 Å². The van der Waals surface area contributed by atoms with E-state index < -0.39 is 0 Å². The fourth-order valence-electron chi connectivity index (χ4n) is 7.64. The maximum atomic E-state index is 13.6. The molecule has 196 valence electrons. The molecule has 34 heavy (non-hydrogen) atoms. The minimum Gasteiger partial charge on any atom is -0.381 e. The van der Waals surface area contributed by atoms with Gasteiger partial charge in [-0.05, 0) is 108 Å². The van der Waals surface area contributed by atoms with Crippen molar-refractivity contribution in [3.63, 3.8) is 0 Å². The van der Waals surface area contributed by atoms with Gasteiger partial charge in [0.05, 0.1) is 11.7 Å². The number of carbonyl (C=O) groups excluding carboxylic acids is 1. The Hall–Kier alpha value is -0.650. The van der Waals surface area contributed by atoms with Crippen molar-refractivity contribution < 1.29 is 19.0 Å². The average molecular weight is 478 g/mol. The lowest BCUT2D eigenvalue weighted by Gasteiger charge is -2.51. The molecule has 2 unspecified atom stereocenters. The second-order valence-electron chi connectivity index (χ2n) is 12.8. The highest BCUT2D eigenvalue weighted by Crippen LogP contribution is 2.52. The summed E-state index contributed by atoms with van der Waals surface area (Å²) in [5, 5.41) is 0. The number of carbonyl (C=O) groups is 1. The van der Waals surface area contributed by atoms with Crippen molar-refractivity contribution >= 4 is 5.91 Å². The van der Waals surface area contributed by atoms with Crippen molar-refractivity contribution in [1.29, 1.82) is 0 Å². The van der Waals surface area contributed by atoms with Crippen molar-refractivity contribution in [1.82, 2.24) is 4.90 Å². The lowest BCUT2D eigenvalue weighted by molar-refractivity contribution is -0.146. The largest absolute Gasteiger partial charge is 0.381 e. The minimum atomic E-state index is -0.215. The molecule has 0 aromatic rings. The van der Waals surface area contributed by atoms with E-state index in [4.69, 9.17) is 14.2 Å². The van der Waals surface area contributed by atoms with Crippen LogP contribution in [-0.2, 0) is 19.0 Å². The lowest BCUT2D eigenvalue weighted by Crippen LogP contribution is -2.49. The summed E-state index contributed by atoms with van der Waals surface area (Å²) >= 11 is 0. The van der Waals surface area contributed by atoms with Crippen LogP contribution >= 0.6 is 0 Å². The van der Waals surface area contributed by atoms with Gasteiger partial charge >= 0.3 is 0 Å². The molecule has 4 fully saturated rings. The molecule has 2 aliphatic carbocycles. The van der Waals surface area contributed by atoms with Crippen LogP contribution in [0, 0.1) is 23.2 Å². The normalized spacial score (nSPS) is 38.5. The Kier molecular flexibility index (Phi) is 9.01. The molecular formula is C29H51NO4. The predicted molar refractivity (Wildman–Crippen MR) is 136 cm³/mol. The Morgan fingerprint density at radius 1 is 1.00 bits per heavy atom. The third-order valence-electron chi connectivity index (χ3n) is 9.75. The summed E-state index contributed by atoms with van der Waals surface area (Å²) in [6.45, 7) is 10.3. The Morgan fingerprint density at radius 2 is 1.74 bits per heavy atom. The van der Waals surface area contributed by atoms with Crippen molar-refractivity contribution in [2.24, 2.45) is 23.2 Å². The lowest BCUT2D eigenvalue weighted by atomic mass is 9.59. The Morgan fingerprint density at radius 3 is 2.35 bits per heavy atom. The molecule has 0 N–H and O–H groups in total. The van der Waals surface area contributed by atoms with E-state index in [1.165, 1.54) is 38.5 Å². The van der Waals surface area contributed by atoms with Crippen LogP contribution in [0.1, 0.15) is 104 Å².